The second-order valence-corrected chi connectivity index (χ2v) is 10.0. The van der Waals surface area contributed by atoms with Gasteiger partial charge in [-0.15, -0.1) is 0 Å². The number of nitrogens with zero attached hydrogens (tertiary/aromatic N) is 7. The number of aromatic nitrogens is 6. The maximum Gasteiger partial charge on any atom is 0.248 e. The highest BCUT2D eigenvalue weighted by Gasteiger charge is 2.44. The molecule has 2 saturated heterocycles. The summed E-state index contributed by atoms with van der Waals surface area (Å²) in [6.07, 6.45) is 7.70. The Morgan fingerprint density at radius 1 is 1.21 bits per heavy atom. The van der Waals surface area contributed by atoms with Gasteiger partial charge in [0.2, 0.25) is 5.91 Å². The number of piperidine rings is 1. The predicted octanol–water partition coefficient (Wildman–Crippen LogP) is 2.34. The molecular weight excluding hydrogens is 491 g/mol. The fourth-order valence-corrected chi connectivity index (χ4v) is 6.10. The summed E-state index contributed by atoms with van der Waals surface area (Å²) < 4.78 is 18.1. The molecule has 38 heavy (non-hydrogen) atoms. The highest BCUT2D eigenvalue weighted by Crippen LogP contribution is 2.44. The van der Waals surface area contributed by atoms with E-state index in [4.69, 9.17) is 10.7 Å². The second-order valence-electron chi connectivity index (χ2n) is 10.0. The average molecular weight is 519 g/mol. The molecular formula is C26H27FN8O3. The Bertz CT molecular complexity index is 1580. The SMILES string of the molecule is CC(=O)c1c([C@@H]2C[C@H]3CC[C@@H](C2)N3C(=O)CO)nc2c(-c3cnc(-c4ccn(C)n4)c(F)c3)cnn2c1N. The molecule has 2 fully saturated rings. The Morgan fingerprint density at radius 2 is 1.95 bits per heavy atom. The number of nitrogen functional groups attached to an aromatic ring is 1. The van der Waals surface area contributed by atoms with Crippen molar-refractivity contribution in [3.05, 3.63) is 47.8 Å². The van der Waals surface area contributed by atoms with E-state index >= 15 is 4.39 Å². The second kappa shape index (κ2) is 8.98. The number of anilines is 1. The van der Waals surface area contributed by atoms with Crippen molar-refractivity contribution in [2.45, 2.75) is 50.6 Å². The van der Waals surface area contributed by atoms with Gasteiger partial charge in [-0.25, -0.2) is 9.37 Å². The number of aliphatic hydroxyl groups excluding tert-OH is 1. The third-order valence-electron chi connectivity index (χ3n) is 7.71. The Kier molecular flexibility index (Phi) is 5.71. The first-order valence-corrected chi connectivity index (χ1v) is 12.5. The largest absolute Gasteiger partial charge is 0.387 e. The number of rotatable bonds is 5. The molecule has 0 saturated carbocycles. The minimum Gasteiger partial charge on any atom is -0.387 e. The number of pyridine rings is 1. The Morgan fingerprint density at radius 3 is 2.55 bits per heavy atom. The summed E-state index contributed by atoms with van der Waals surface area (Å²) in [6, 6.07) is 2.99. The van der Waals surface area contributed by atoms with Crippen LogP contribution >= 0.6 is 0 Å². The summed E-state index contributed by atoms with van der Waals surface area (Å²) in [7, 11) is 1.75. The van der Waals surface area contributed by atoms with E-state index in [1.165, 1.54) is 23.7 Å². The van der Waals surface area contributed by atoms with E-state index < -0.39 is 12.4 Å². The first kappa shape index (κ1) is 24.2. The summed E-state index contributed by atoms with van der Waals surface area (Å²) in [5.74, 6) is -0.967. The van der Waals surface area contributed by atoms with Crippen LogP contribution in [0.25, 0.3) is 28.2 Å². The molecule has 0 aromatic carbocycles. The zero-order valence-corrected chi connectivity index (χ0v) is 21.0. The zero-order chi connectivity index (χ0) is 26.7. The van der Waals surface area contributed by atoms with Crippen LogP contribution in [0.3, 0.4) is 0 Å². The number of aliphatic hydroxyl groups is 1. The van der Waals surface area contributed by atoms with Gasteiger partial charge in [0.1, 0.15) is 23.8 Å². The summed E-state index contributed by atoms with van der Waals surface area (Å²) in [5.41, 5.74) is 9.31. The number of fused-ring (bicyclic) bond motifs is 3. The van der Waals surface area contributed by atoms with Gasteiger partial charge in [0.15, 0.2) is 17.2 Å². The van der Waals surface area contributed by atoms with E-state index in [2.05, 4.69) is 15.2 Å². The highest BCUT2D eigenvalue weighted by atomic mass is 19.1. The summed E-state index contributed by atoms with van der Waals surface area (Å²) >= 11 is 0. The lowest BCUT2D eigenvalue weighted by Crippen LogP contribution is -2.47. The van der Waals surface area contributed by atoms with Crippen molar-refractivity contribution < 1.29 is 19.1 Å². The lowest BCUT2D eigenvalue weighted by atomic mass is 9.85. The number of carbonyl (C=O) groups excluding carboxylic acids is 2. The van der Waals surface area contributed by atoms with Crippen molar-refractivity contribution in [1.29, 1.82) is 0 Å². The Labute approximate surface area is 217 Å². The minimum absolute atomic E-state index is 0.0284. The molecule has 2 aliphatic heterocycles. The van der Waals surface area contributed by atoms with Crippen molar-refractivity contribution in [3.8, 4) is 22.5 Å². The van der Waals surface area contributed by atoms with Crippen LogP contribution in [-0.2, 0) is 11.8 Å². The molecule has 2 aliphatic rings. The molecule has 2 bridgehead atoms. The van der Waals surface area contributed by atoms with Crippen LogP contribution in [0.5, 0.6) is 0 Å². The molecule has 1 amide bonds. The van der Waals surface area contributed by atoms with Crippen molar-refractivity contribution in [1.82, 2.24) is 34.3 Å². The van der Waals surface area contributed by atoms with Crippen LogP contribution < -0.4 is 5.73 Å². The highest BCUT2D eigenvalue weighted by molar-refractivity contribution is 6.00. The van der Waals surface area contributed by atoms with Crippen molar-refractivity contribution >= 4 is 23.2 Å². The molecule has 3 N–H and O–H groups in total. The number of carbonyl (C=O) groups is 2. The topological polar surface area (TPSA) is 145 Å². The number of Topliss-reactive ketones (excluding diaryl/α,β-unsaturated/α-hetero) is 1. The third kappa shape index (κ3) is 3.74. The van der Waals surface area contributed by atoms with Crippen LogP contribution in [0.15, 0.2) is 30.7 Å². The van der Waals surface area contributed by atoms with Gasteiger partial charge in [-0.3, -0.25) is 19.3 Å². The smallest absolute Gasteiger partial charge is 0.248 e. The van der Waals surface area contributed by atoms with Crippen molar-refractivity contribution in [2.24, 2.45) is 7.05 Å². The average Bonchev–Trinajstić information content (AvgIpc) is 3.58. The Hall–Kier alpha value is -4.19. The molecule has 0 aliphatic carbocycles. The molecule has 196 valence electrons. The van der Waals surface area contributed by atoms with Gasteiger partial charge in [-0.05, 0) is 44.7 Å². The summed E-state index contributed by atoms with van der Waals surface area (Å²) in [5, 5.41) is 18.0. The molecule has 0 spiro atoms. The Balaban J connectivity index is 1.43. The van der Waals surface area contributed by atoms with Gasteiger partial charge in [0, 0.05) is 48.6 Å². The molecule has 4 aromatic rings. The van der Waals surface area contributed by atoms with Crippen LogP contribution in [-0.4, -0.2) is 69.7 Å². The molecule has 3 atom stereocenters. The van der Waals surface area contributed by atoms with E-state index in [1.54, 1.807) is 35.1 Å². The number of nitrogens with two attached hydrogens (primary N) is 1. The first-order chi connectivity index (χ1) is 18.3. The third-order valence-corrected chi connectivity index (χ3v) is 7.71. The minimum atomic E-state index is -0.536. The number of aryl methyl sites for hydroxylation is 1. The lowest BCUT2D eigenvalue weighted by Gasteiger charge is -2.39. The molecule has 12 heteroatoms. The van der Waals surface area contributed by atoms with Crippen molar-refractivity contribution in [2.75, 3.05) is 12.3 Å². The van der Waals surface area contributed by atoms with Crippen molar-refractivity contribution in [3.63, 3.8) is 0 Å². The first-order valence-electron chi connectivity index (χ1n) is 12.5. The summed E-state index contributed by atoms with van der Waals surface area (Å²) in [6.45, 7) is 0.929. The maximum absolute atomic E-state index is 15.1. The van der Waals surface area contributed by atoms with Crippen LogP contribution in [0, 0.1) is 5.82 Å². The molecule has 6 rings (SSSR count). The van der Waals surface area contributed by atoms with Gasteiger partial charge < -0.3 is 15.7 Å². The molecule has 0 unspecified atom stereocenters. The predicted molar refractivity (Wildman–Crippen MR) is 136 cm³/mol. The van der Waals surface area contributed by atoms with E-state index in [1.807, 2.05) is 0 Å². The van der Waals surface area contributed by atoms with E-state index in [0.717, 1.165) is 12.8 Å². The molecule has 4 aromatic heterocycles. The zero-order valence-electron chi connectivity index (χ0n) is 21.0. The number of hydrogen-bond acceptors (Lipinski definition) is 8. The van der Waals surface area contributed by atoms with Crippen LogP contribution in [0.2, 0.25) is 0 Å². The van der Waals surface area contributed by atoms with Gasteiger partial charge in [0.05, 0.1) is 17.5 Å². The molecule has 11 nitrogen and oxygen atoms in total. The lowest BCUT2D eigenvalue weighted by molar-refractivity contribution is -0.138. The standard InChI is InChI=1S/C26H27FN8O3/c1-13(37)22-23(14-7-16-3-4-17(8-14)34(16)21(38)12-36)31-26-18(11-30-35(26)25(22)28)15-9-19(27)24(29-10-15)20-5-6-33(2)32-20/h5-6,9-11,14,16-17,36H,3-4,7-8,12,28H2,1-2H3/t14-,16-,17+. The molecule has 0 radical (unpaired) electrons. The van der Waals surface area contributed by atoms with Gasteiger partial charge >= 0.3 is 0 Å². The fraction of sp³-hybridized carbons (Fsp3) is 0.385. The number of hydrogen-bond donors (Lipinski definition) is 2. The van der Waals surface area contributed by atoms with Crippen LogP contribution in [0.1, 0.15) is 54.6 Å². The van der Waals surface area contributed by atoms with Gasteiger partial charge in [-0.1, -0.05) is 0 Å². The normalized spacial score (nSPS) is 20.8. The van der Waals surface area contributed by atoms with Gasteiger partial charge in [-0.2, -0.15) is 14.7 Å². The van der Waals surface area contributed by atoms with E-state index in [0.29, 0.717) is 46.6 Å². The maximum atomic E-state index is 15.1. The number of amides is 1. The van der Waals surface area contributed by atoms with E-state index in [9.17, 15) is 14.7 Å². The summed E-state index contributed by atoms with van der Waals surface area (Å²) in [4.78, 5) is 36.0. The monoisotopic (exact) mass is 518 g/mol. The van der Waals surface area contributed by atoms with E-state index in [-0.39, 0.29) is 41.2 Å². The van der Waals surface area contributed by atoms with Crippen LogP contribution in [0.4, 0.5) is 10.2 Å². The number of ketones is 1. The quantitative estimate of drug-likeness (QED) is 0.383. The molecule has 6 heterocycles. The fourth-order valence-electron chi connectivity index (χ4n) is 6.10. The number of halogens is 1. The van der Waals surface area contributed by atoms with Gasteiger partial charge in [0.25, 0.3) is 0 Å².